The van der Waals surface area contributed by atoms with Crippen LogP contribution in [0.25, 0.3) is 11.3 Å². The van der Waals surface area contributed by atoms with Gasteiger partial charge in [-0.05, 0) is 61.2 Å². The summed E-state index contributed by atoms with van der Waals surface area (Å²) in [6.07, 6.45) is -2.78. The maximum atomic E-state index is 13.4. The topological polar surface area (TPSA) is 74.7 Å². The molecule has 1 aliphatic carbocycles. The molecule has 1 heterocycles. The van der Waals surface area contributed by atoms with Crippen molar-refractivity contribution in [3.05, 3.63) is 101 Å². The summed E-state index contributed by atoms with van der Waals surface area (Å²) >= 11 is 0. The van der Waals surface area contributed by atoms with Crippen molar-refractivity contribution in [3.63, 3.8) is 0 Å². The third kappa shape index (κ3) is 5.84. The van der Waals surface area contributed by atoms with E-state index in [-0.39, 0.29) is 17.8 Å². The molecule has 4 N–H and O–H groups in total. The molecule has 0 radical (unpaired) electrons. The van der Waals surface area contributed by atoms with Gasteiger partial charge in [0.2, 0.25) is 11.8 Å². The number of benzene rings is 3. The van der Waals surface area contributed by atoms with Crippen molar-refractivity contribution >= 4 is 17.5 Å². The number of nitrogens with zero attached hydrogens (tertiary/aromatic N) is 2. The Labute approximate surface area is 217 Å². The van der Waals surface area contributed by atoms with Crippen LogP contribution in [0.3, 0.4) is 0 Å². The molecule has 2 atom stereocenters. The molecular formula is C29H27F4N4O+. The van der Waals surface area contributed by atoms with Crippen molar-refractivity contribution in [2.45, 2.75) is 44.5 Å². The number of aliphatic hydroxyl groups is 1. The van der Waals surface area contributed by atoms with Gasteiger partial charge in [0.05, 0.1) is 23.4 Å². The molecule has 1 aromatic heterocycles. The summed E-state index contributed by atoms with van der Waals surface area (Å²) in [6, 6.07) is 18.4. The van der Waals surface area contributed by atoms with E-state index in [1.807, 2.05) is 24.4 Å². The Morgan fingerprint density at radius 3 is 2.45 bits per heavy atom. The van der Waals surface area contributed by atoms with Gasteiger partial charge < -0.3 is 10.4 Å². The van der Waals surface area contributed by atoms with Crippen molar-refractivity contribution < 1.29 is 28.0 Å². The molecule has 4 aromatic rings. The molecule has 5 rings (SSSR count). The van der Waals surface area contributed by atoms with Gasteiger partial charge >= 0.3 is 6.18 Å². The molecule has 0 aliphatic heterocycles. The van der Waals surface area contributed by atoms with E-state index in [9.17, 15) is 22.7 Å². The lowest BCUT2D eigenvalue weighted by Crippen LogP contribution is -2.72. The van der Waals surface area contributed by atoms with E-state index in [4.69, 9.17) is 0 Å². The number of aliphatic hydroxyl groups excluding tert-OH is 1. The van der Waals surface area contributed by atoms with Crippen LogP contribution >= 0.6 is 0 Å². The fourth-order valence-corrected chi connectivity index (χ4v) is 4.70. The minimum Gasteiger partial charge on any atom is -0.393 e. The summed E-state index contributed by atoms with van der Waals surface area (Å²) in [5, 5.41) is 15.4. The largest absolute Gasteiger partial charge is 0.416 e. The van der Waals surface area contributed by atoms with Crippen LogP contribution in [0.2, 0.25) is 0 Å². The summed E-state index contributed by atoms with van der Waals surface area (Å²) in [7, 11) is 0. The van der Waals surface area contributed by atoms with Crippen LogP contribution in [-0.4, -0.2) is 21.2 Å². The number of aromatic nitrogens is 2. The van der Waals surface area contributed by atoms with Gasteiger partial charge in [-0.15, -0.1) is 0 Å². The highest BCUT2D eigenvalue weighted by molar-refractivity contribution is 5.63. The molecular weight excluding hydrogens is 496 g/mol. The molecule has 3 aromatic carbocycles. The first-order valence-electron chi connectivity index (χ1n) is 12.4. The van der Waals surface area contributed by atoms with Crippen LogP contribution in [0, 0.1) is 5.82 Å². The average Bonchev–Trinajstić information content (AvgIpc) is 2.89. The molecule has 1 aliphatic rings. The lowest BCUT2D eigenvalue weighted by atomic mass is 9.88. The number of alkyl halides is 3. The first-order chi connectivity index (χ1) is 18.2. The fraction of sp³-hybridized carbons (Fsp3) is 0.241. The summed E-state index contributed by atoms with van der Waals surface area (Å²) in [5.74, 6) is 0.516. The zero-order chi connectivity index (χ0) is 26.9. The van der Waals surface area contributed by atoms with Gasteiger partial charge in [-0.1, -0.05) is 36.4 Å². The number of quaternary nitrogens is 1. The van der Waals surface area contributed by atoms with Crippen LogP contribution in [0.1, 0.15) is 41.6 Å². The quantitative estimate of drug-likeness (QED) is 0.219. The Morgan fingerprint density at radius 1 is 1.00 bits per heavy atom. The molecule has 5 nitrogen and oxygen atoms in total. The summed E-state index contributed by atoms with van der Waals surface area (Å²) in [4.78, 5) is 9.25. The molecule has 0 amide bonds. The summed E-state index contributed by atoms with van der Waals surface area (Å²) in [5.41, 5.74) is 4.23. The second-order valence-corrected chi connectivity index (χ2v) is 9.52. The Bertz CT molecular complexity index is 1420. The number of nitrogens with one attached hydrogen (secondary N) is 1. The van der Waals surface area contributed by atoms with Crippen molar-refractivity contribution in [2.24, 2.45) is 0 Å². The molecule has 0 saturated heterocycles. The average molecular weight is 524 g/mol. The van der Waals surface area contributed by atoms with E-state index in [0.717, 1.165) is 41.8 Å². The lowest BCUT2D eigenvalue weighted by Gasteiger charge is -2.21. The maximum absolute atomic E-state index is 13.4. The van der Waals surface area contributed by atoms with Crippen molar-refractivity contribution in [1.29, 1.82) is 0 Å². The molecule has 9 heteroatoms. The predicted octanol–water partition coefficient (Wildman–Crippen LogP) is 5.85. The number of anilines is 1. The van der Waals surface area contributed by atoms with E-state index in [1.165, 1.54) is 29.8 Å². The van der Waals surface area contributed by atoms with Gasteiger partial charge in [0.15, 0.2) is 0 Å². The lowest BCUT2D eigenvalue weighted by molar-refractivity contribution is -0.483. The smallest absolute Gasteiger partial charge is 0.393 e. The van der Waals surface area contributed by atoms with Crippen LogP contribution in [0.5, 0.6) is 0 Å². The molecule has 0 spiro atoms. The van der Waals surface area contributed by atoms with Gasteiger partial charge in [0.1, 0.15) is 11.5 Å². The highest BCUT2D eigenvalue weighted by Gasteiger charge is 2.30. The Morgan fingerprint density at radius 2 is 1.74 bits per heavy atom. The Hall–Kier alpha value is -3.82. The molecule has 0 fully saturated rings. The van der Waals surface area contributed by atoms with Gasteiger partial charge in [-0.25, -0.2) is 9.37 Å². The molecule has 38 heavy (non-hydrogen) atoms. The minimum absolute atomic E-state index is 0.258. The molecule has 2 unspecified atom stereocenters. The van der Waals surface area contributed by atoms with E-state index < -0.39 is 17.8 Å². The standard InChI is InChI=1S/C29H26F4N4O/c1-17(18-7-12-22(30)13-8-18)34-28-36-26(20-5-10-21(11-6-20)29(31,32)33)16-27(37-28)35-25-4-2-3-19-9-14-23(38)15-24(19)25/h2-8,10-13,16-17,23,38H,9,14-15H2,1H3,(H2,34,35,36,37)/p+1. The highest BCUT2D eigenvalue weighted by Crippen LogP contribution is 2.32. The van der Waals surface area contributed by atoms with E-state index >= 15 is 0 Å². The van der Waals surface area contributed by atoms with Gasteiger partial charge in [0, 0.05) is 23.6 Å². The number of nitrogens with two attached hydrogens (primary N) is 1. The number of hydrogen-bond donors (Lipinski definition) is 3. The van der Waals surface area contributed by atoms with Crippen molar-refractivity contribution in [3.8, 4) is 11.3 Å². The number of rotatable bonds is 6. The Balaban J connectivity index is 1.51. The molecule has 196 valence electrons. The number of aryl methyl sites for hydroxylation is 1. The first kappa shape index (κ1) is 25.8. The van der Waals surface area contributed by atoms with E-state index in [1.54, 1.807) is 18.2 Å². The third-order valence-corrected chi connectivity index (χ3v) is 6.77. The second-order valence-electron chi connectivity index (χ2n) is 9.52. The third-order valence-electron chi connectivity index (χ3n) is 6.77. The first-order valence-corrected chi connectivity index (χ1v) is 12.4. The van der Waals surface area contributed by atoms with Crippen molar-refractivity contribution in [2.75, 3.05) is 5.32 Å². The zero-order valence-corrected chi connectivity index (χ0v) is 20.6. The molecule has 0 saturated carbocycles. The number of fused-ring (bicyclic) bond motifs is 1. The van der Waals surface area contributed by atoms with E-state index in [0.29, 0.717) is 23.5 Å². The highest BCUT2D eigenvalue weighted by atomic mass is 19.4. The normalized spacial score (nSPS) is 16.1. The Kier molecular flexibility index (Phi) is 7.14. The van der Waals surface area contributed by atoms with Gasteiger partial charge in [-0.3, -0.25) is 5.32 Å². The maximum Gasteiger partial charge on any atom is 0.416 e. The van der Waals surface area contributed by atoms with Crippen LogP contribution in [0.15, 0.2) is 72.8 Å². The van der Waals surface area contributed by atoms with Gasteiger partial charge in [0.25, 0.3) is 0 Å². The predicted molar refractivity (Wildman–Crippen MR) is 137 cm³/mol. The SMILES string of the molecule is CC(Nc1nc([NH2+]c2cccc3c2CC(O)CC3)cc(-c2ccc(C(F)(F)F)cc2)n1)c1ccc(F)cc1. The summed E-state index contributed by atoms with van der Waals surface area (Å²) < 4.78 is 52.7. The van der Waals surface area contributed by atoms with Gasteiger partial charge in [-0.2, -0.15) is 18.2 Å². The fourth-order valence-electron chi connectivity index (χ4n) is 4.70. The van der Waals surface area contributed by atoms with Crippen molar-refractivity contribution in [1.82, 2.24) is 9.97 Å². The van der Waals surface area contributed by atoms with Crippen LogP contribution in [0.4, 0.5) is 35.0 Å². The van der Waals surface area contributed by atoms with Crippen LogP contribution < -0.4 is 10.6 Å². The number of halogens is 4. The summed E-state index contributed by atoms with van der Waals surface area (Å²) in [6.45, 7) is 1.89. The number of hydrogen-bond acceptors (Lipinski definition) is 4. The van der Waals surface area contributed by atoms with E-state index in [2.05, 4.69) is 21.4 Å². The van der Waals surface area contributed by atoms with Crippen LogP contribution in [-0.2, 0) is 19.0 Å². The molecule has 0 bridgehead atoms. The monoisotopic (exact) mass is 523 g/mol. The minimum atomic E-state index is -4.43. The zero-order valence-electron chi connectivity index (χ0n) is 20.6. The second kappa shape index (κ2) is 10.5.